The second-order valence-electron chi connectivity index (χ2n) is 5.51. The molecule has 0 amide bonds. The number of halogens is 2. The largest absolute Gasteiger partial charge is 0.481 e. The molecule has 140 valence electrons. The van der Waals surface area contributed by atoms with Crippen LogP contribution >= 0.6 is 23.2 Å². The zero-order chi connectivity index (χ0) is 19.5. The number of carbonyl (C=O) groups is 1. The molecule has 0 aliphatic rings. The van der Waals surface area contributed by atoms with E-state index in [1.807, 2.05) is 0 Å². The topological polar surface area (TPSA) is 106 Å². The van der Waals surface area contributed by atoms with Gasteiger partial charge in [0.1, 0.15) is 0 Å². The SMILES string of the molecule is O=C(O)C(CS(=O)(=O)c1ccc(Cl)cc1)CS(=O)(=O)c1ccc(Cl)cc1. The van der Waals surface area contributed by atoms with Crippen molar-refractivity contribution in [3.05, 3.63) is 58.6 Å². The Morgan fingerprint density at radius 1 is 0.769 bits per heavy atom. The highest BCUT2D eigenvalue weighted by atomic mass is 35.5. The fraction of sp³-hybridized carbons (Fsp3) is 0.188. The van der Waals surface area contributed by atoms with Crippen LogP contribution in [0.1, 0.15) is 0 Å². The maximum Gasteiger partial charge on any atom is 0.308 e. The first-order chi connectivity index (χ1) is 12.0. The number of sulfone groups is 2. The van der Waals surface area contributed by atoms with Crippen LogP contribution in [0.3, 0.4) is 0 Å². The average molecular weight is 437 g/mol. The molecule has 10 heteroatoms. The summed E-state index contributed by atoms with van der Waals surface area (Å²) in [5, 5.41) is 9.96. The van der Waals surface area contributed by atoms with E-state index in [2.05, 4.69) is 0 Å². The third kappa shape index (κ3) is 5.20. The van der Waals surface area contributed by atoms with Gasteiger partial charge in [0.25, 0.3) is 0 Å². The van der Waals surface area contributed by atoms with Gasteiger partial charge in [0, 0.05) is 10.0 Å². The first kappa shape index (κ1) is 20.7. The van der Waals surface area contributed by atoms with Crippen LogP contribution in [0.15, 0.2) is 58.3 Å². The molecule has 0 bridgehead atoms. The van der Waals surface area contributed by atoms with E-state index < -0.39 is 43.1 Å². The van der Waals surface area contributed by atoms with Crippen molar-refractivity contribution >= 4 is 48.8 Å². The highest BCUT2D eigenvalue weighted by Crippen LogP contribution is 2.21. The van der Waals surface area contributed by atoms with Gasteiger partial charge < -0.3 is 5.11 Å². The lowest BCUT2D eigenvalue weighted by Crippen LogP contribution is -2.30. The predicted octanol–water partition coefficient (Wildman–Crippen LogP) is 2.94. The summed E-state index contributed by atoms with van der Waals surface area (Å²) in [4.78, 5) is 11.2. The fourth-order valence-electron chi connectivity index (χ4n) is 2.20. The minimum Gasteiger partial charge on any atom is -0.481 e. The summed E-state index contributed by atoms with van der Waals surface area (Å²) in [7, 11) is -8.02. The van der Waals surface area contributed by atoms with E-state index in [9.17, 15) is 26.7 Å². The molecule has 0 saturated heterocycles. The van der Waals surface area contributed by atoms with Gasteiger partial charge >= 0.3 is 5.97 Å². The molecule has 0 radical (unpaired) electrons. The summed E-state index contributed by atoms with van der Waals surface area (Å²) in [6, 6.07) is 10.4. The lowest BCUT2D eigenvalue weighted by Gasteiger charge is -2.14. The van der Waals surface area contributed by atoms with Gasteiger partial charge in [-0.1, -0.05) is 23.2 Å². The predicted molar refractivity (Wildman–Crippen MR) is 98.1 cm³/mol. The summed E-state index contributed by atoms with van der Waals surface area (Å²) in [6.07, 6.45) is 0. The van der Waals surface area contributed by atoms with E-state index in [1.54, 1.807) is 0 Å². The number of aliphatic carboxylic acids is 1. The molecule has 0 unspecified atom stereocenters. The zero-order valence-electron chi connectivity index (χ0n) is 13.2. The molecule has 0 spiro atoms. The molecule has 0 atom stereocenters. The minimum atomic E-state index is -4.01. The van der Waals surface area contributed by atoms with Crippen molar-refractivity contribution in [2.75, 3.05) is 11.5 Å². The van der Waals surface area contributed by atoms with E-state index in [0.29, 0.717) is 10.0 Å². The molecule has 0 fully saturated rings. The number of hydrogen-bond donors (Lipinski definition) is 1. The standard InChI is InChI=1S/C16H14Cl2O6S2/c17-12-1-5-14(6-2-12)25(21,22)9-11(16(19)20)10-26(23,24)15-7-3-13(18)4-8-15/h1-8,11H,9-10H2,(H,19,20). The van der Waals surface area contributed by atoms with Crippen LogP contribution in [-0.2, 0) is 24.5 Å². The summed E-state index contributed by atoms with van der Waals surface area (Å²) in [5.41, 5.74) is 0. The molecule has 0 aliphatic heterocycles. The molecule has 2 rings (SSSR count). The Labute approximate surface area is 161 Å². The number of carboxylic acid groups (broad SMARTS) is 1. The quantitative estimate of drug-likeness (QED) is 0.714. The van der Waals surface area contributed by atoms with Crippen molar-refractivity contribution < 1.29 is 26.7 Å². The molecule has 1 N–H and O–H groups in total. The number of rotatable bonds is 7. The second kappa shape index (κ2) is 7.96. The average Bonchev–Trinajstić information content (AvgIpc) is 2.54. The first-order valence-electron chi connectivity index (χ1n) is 7.21. The van der Waals surface area contributed by atoms with Gasteiger partial charge in [0.2, 0.25) is 0 Å². The monoisotopic (exact) mass is 436 g/mol. The van der Waals surface area contributed by atoms with Gasteiger partial charge in [-0.25, -0.2) is 16.8 Å². The molecule has 6 nitrogen and oxygen atoms in total. The Morgan fingerprint density at radius 2 is 1.08 bits per heavy atom. The minimum absolute atomic E-state index is 0.128. The molecule has 2 aromatic rings. The number of benzene rings is 2. The van der Waals surface area contributed by atoms with Gasteiger partial charge in [-0.15, -0.1) is 0 Å². The summed E-state index contributed by atoms with van der Waals surface area (Å²) >= 11 is 11.4. The molecular formula is C16H14Cl2O6S2. The van der Waals surface area contributed by atoms with Gasteiger partial charge in [0.15, 0.2) is 19.7 Å². The Hall–Kier alpha value is -1.61. The van der Waals surface area contributed by atoms with Crippen LogP contribution in [0.5, 0.6) is 0 Å². The van der Waals surface area contributed by atoms with Crippen molar-refractivity contribution in [1.29, 1.82) is 0 Å². The molecular weight excluding hydrogens is 423 g/mol. The lowest BCUT2D eigenvalue weighted by atomic mass is 10.2. The summed E-state index contributed by atoms with van der Waals surface area (Å²) in [6.45, 7) is 0. The van der Waals surface area contributed by atoms with E-state index >= 15 is 0 Å². The Morgan fingerprint density at radius 3 is 1.35 bits per heavy atom. The highest BCUT2D eigenvalue weighted by molar-refractivity contribution is 7.92. The Bertz CT molecular complexity index is 920. The van der Waals surface area contributed by atoms with Gasteiger partial charge in [-0.3, -0.25) is 4.79 Å². The Balaban J connectivity index is 2.27. The van der Waals surface area contributed by atoms with Gasteiger partial charge in [0.05, 0.1) is 27.2 Å². The van der Waals surface area contributed by atoms with Crippen molar-refractivity contribution in [1.82, 2.24) is 0 Å². The van der Waals surface area contributed by atoms with E-state index in [4.69, 9.17) is 23.2 Å². The van der Waals surface area contributed by atoms with Crippen LogP contribution in [0.25, 0.3) is 0 Å². The van der Waals surface area contributed by atoms with E-state index in [0.717, 1.165) is 0 Å². The summed E-state index contributed by atoms with van der Waals surface area (Å²) in [5.74, 6) is -4.84. The smallest absolute Gasteiger partial charge is 0.308 e. The molecule has 26 heavy (non-hydrogen) atoms. The van der Waals surface area contributed by atoms with Crippen molar-refractivity contribution in [3.63, 3.8) is 0 Å². The maximum absolute atomic E-state index is 12.4. The second-order valence-corrected chi connectivity index (χ2v) is 10.4. The molecule has 0 aliphatic carbocycles. The van der Waals surface area contributed by atoms with Crippen LogP contribution in [0, 0.1) is 5.92 Å². The molecule has 2 aromatic carbocycles. The Kier molecular flexibility index (Phi) is 6.33. The maximum atomic E-state index is 12.4. The third-order valence-corrected chi connectivity index (χ3v) is 7.70. The number of carboxylic acids is 1. The first-order valence-corrected chi connectivity index (χ1v) is 11.3. The fourth-order valence-corrected chi connectivity index (χ4v) is 5.66. The van der Waals surface area contributed by atoms with Crippen LogP contribution in [-0.4, -0.2) is 39.4 Å². The molecule has 0 heterocycles. The zero-order valence-corrected chi connectivity index (χ0v) is 16.3. The van der Waals surface area contributed by atoms with Crippen molar-refractivity contribution in [3.8, 4) is 0 Å². The highest BCUT2D eigenvalue weighted by Gasteiger charge is 2.32. The van der Waals surface area contributed by atoms with E-state index in [1.165, 1.54) is 48.5 Å². The number of hydrogen-bond acceptors (Lipinski definition) is 5. The van der Waals surface area contributed by atoms with Crippen LogP contribution in [0.2, 0.25) is 10.0 Å². The van der Waals surface area contributed by atoms with Crippen molar-refractivity contribution in [2.45, 2.75) is 9.79 Å². The normalized spacial score (nSPS) is 12.3. The van der Waals surface area contributed by atoms with Crippen molar-refractivity contribution in [2.24, 2.45) is 5.92 Å². The lowest BCUT2D eigenvalue weighted by molar-refractivity contribution is -0.140. The third-order valence-electron chi connectivity index (χ3n) is 3.54. The van der Waals surface area contributed by atoms with E-state index in [-0.39, 0.29) is 9.79 Å². The van der Waals surface area contributed by atoms with Gasteiger partial charge in [-0.05, 0) is 48.5 Å². The van der Waals surface area contributed by atoms with Gasteiger partial charge in [-0.2, -0.15) is 0 Å². The van der Waals surface area contributed by atoms with Crippen LogP contribution in [0.4, 0.5) is 0 Å². The van der Waals surface area contributed by atoms with Crippen LogP contribution < -0.4 is 0 Å². The summed E-state index contributed by atoms with van der Waals surface area (Å²) < 4.78 is 49.6. The molecule has 0 saturated carbocycles. The molecule has 0 aromatic heterocycles.